The summed E-state index contributed by atoms with van der Waals surface area (Å²) in [5.41, 5.74) is 6.59. The molecule has 0 amide bonds. The Bertz CT molecular complexity index is 692. The number of nitrogens with zero attached hydrogens (tertiary/aromatic N) is 5. The van der Waals surface area contributed by atoms with Crippen LogP contribution in [0.2, 0.25) is 0 Å². The predicted octanol–water partition coefficient (Wildman–Crippen LogP) is 2.01. The van der Waals surface area contributed by atoms with Gasteiger partial charge < -0.3 is 11.1 Å². The number of nitrogens with one attached hydrogen (secondary N) is 1. The molecule has 142 valence electrons. The molecule has 0 aliphatic carbocycles. The van der Waals surface area contributed by atoms with Gasteiger partial charge in [-0.15, -0.1) is 10.2 Å². The lowest BCUT2D eigenvalue weighted by Crippen LogP contribution is -2.32. The fraction of sp³-hybridized carbons (Fsp3) is 0.538. The molecule has 9 nitrogen and oxygen atoms in total. The summed E-state index contributed by atoms with van der Waals surface area (Å²) in [6, 6.07) is 2.00. The van der Waals surface area contributed by atoms with E-state index in [1.165, 1.54) is 22.9 Å². The molecular weight excluding hydrogens is 414 g/mol. The van der Waals surface area contributed by atoms with Crippen LogP contribution in [0.4, 0.5) is 5.13 Å². The molecule has 0 saturated heterocycles. The molecule has 0 aliphatic heterocycles. The SMILES string of the molecule is Nc1nnc(CSCCN=C(C[N+](=O)[O-])NCCSCc2ccsn2)s1. The van der Waals surface area contributed by atoms with E-state index in [-0.39, 0.29) is 11.5 Å². The molecule has 0 bridgehead atoms. The molecule has 0 atom stereocenters. The first-order chi connectivity index (χ1) is 12.6. The van der Waals surface area contributed by atoms with E-state index in [9.17, 15) is 10.1 Å². The van der Waals surface area contributed by atoms with Crippen LogP contribution in [0.3, 0.4) is 0 Å². The van der Waals surface area contributed by atoms with Crippen LogP contribution < -0.4 is 11.1 Å². The maximum atomic E-state index is 10.8. The molecule has 0 saturated carbocycles. The van der Waals surface area contributed by atoms with Crippen LogP contribution in [0, 0.1) is 10.1 Å². The molecular formula is C13H19N7O2S4. The Morgan fingerprint density at radius 1 is 1.35 bits per heavy atom. The van der Waals surface area contributed by atoms with Gasteiger partial charge in [0, 0.05) is 39.9 Å². The van der Waals surface area contributed by atoms with Gasteiger partial charge in [-0.25, -0.2) is 0 Å². The quantitative estimate of drug-likeness (QED) is 0.169. The topological polar surface area (TPSA) is 132 Å². The number of hydrogen-bond donors (Lipinski definition) is 2. The first-order valence-electron chi connectivity index (χ1n) is 7.65. The summed E-state index contributed by atoms with van der Waals surface area (Å²) >= 11 is 6.19. The van der Waals surface area contributed by atoms with Crippen molar-refractivity contribution in [2.45, 2.75) is 11.5 Å². The van der Waals surface area contributed by atoms with Crippen molar-refractivity contribution in [3.05, 3.63) is 32.3 Å². The van der Waals surface area contributed by atoms with E-state index in [4.69, 9.17) is 5.73 Å². The summed E-state index contributed by atoms with van der Waals surface area (Å²) in [6.45, 7) is 0.869. The van der Waals surface area contributed by atoms with E-state index in [0.29, 0.717) is 24.1 Å². The lowest BCUT2D eigenvalue weighted by molar-refractivity contribution is -0.463. The minimum absolute atomic E-state index is 0.283. The third kappa shape index (κ3) is 8.78. The summed E-state index contributed by atoms with van der Waals surface area (Å²) < 4.78 is 4.24. The molecule has 2 aromatic heterocycles. The average Bonchev–Trinajstić information content (AvgIpc) is 3.25. The minimum atomic E-state index is -0.370. The fourth-order valence-electron chi connectivity index (χ4n) is 1.77. The maximum Gasteiger partial charge on any atom is 0.259 e. The molecule has 2 heterocycles. The van der Waals surface area contributed by atoms with Crippen LogP contribution >= 0.6 is 46.4 Å². The number of aromatic nitrogens is 3. The van der Waals surface area contributed by atoms with Crippen LogP contribution in [0.25, 0.3) is 0 Å². The average molecular weight is 434 g/mol. The number of nitro groups is 1. The summed E-state index contributed by atoms with van der Waals surface area (Å²) in [7, 11) is 0. The molecule has 0 spiro atoms. The van der Waals surface area contributed by atoms with Crippen molar-refractivity contribution in [3.8, 4) is 0 Å². The Morgan fingerprint density at radius 2 is 2.19 bits per heavy atom. The zero-order valence-electron chi connectivity index (χ0n) is 13.9. The highest BCUT2D eigenvalue weighted by Gasteiger charge is 2.07. The van der Waals surface area contributed by atoms with Crippen molar-refractivity contribution in [1.29, 1.82) is 0 Å². The molecule has 0 radical (unpaired) electrons. The largest absolute Gasteiger partial charge is 0.374 e. The Balaban J connectivity index is 1.62. The van der Waals surface area contributed by atoms with Crippen LogP contribution in [0.1, 0.15) is 10.7 Å². The van der Waals surface area contributed by atoms with Gasteiger partial charge in [-0.3, -0.25) is 15.1 Å². The smallest absolute Gasteiger partial charge is 0.259 e. The normalized spacial score (nSPS) is 11.6. The molecule has 0 aromatic carbocycles. The molecule has 3 N–H and O–H groups in total. The monoisotopic (exact) mass is 433 g/mol. The summed E-state index contributed by atoms with van der Waals surface area (Å²) in [6.07, 6.45) is 0. The van der Waals surface area contributed by atoms with E-state index in [1.54, 1.807) is 23.5 Å². The van der Waals surface area contributed by atoms with Crippen molar-refractivity contribution >= 4 is 57.4 Å². The highest BCUT2D eigenvalue weighted by Crippen LogP contribution is 2.17. The lowest BCUT2D eigenvalue weighted by Gasteiger charge is -2.06. The van der Waals surface area contributed by atoms with E-state index in [1.807, 2.05) is 11.4 Å². The summed E-state index contributed by atoms with van der Waals surface area (Å²) in [5, 5.41) is 24.8. The van der Waals surface area contributed by atoms with E-state index < -0.39 is 0 Å². The predicted molar refractivity (Wildman–Crippen MR) is 111 cm³/mol. The van der Waals surface area contributed by atoms with Gasteiger partial charge in [0.2, 0.25) is 5.13 Å². The van der Waals surface area contributed by atoms with Crippen molar-refractivity contribution in [3.63, 3.8) is 0 Å². The maximum absolute atomic E-state index is 10.8. The number of anilines is 1. The standard InChI is InChI=1S/C13H19N7O2S4/c14-13-18-17-12(26-13)9-24-6-3-16-11(7-20(21)22)15-2-5-23-8-10-1-4-25-19-10/h1,4H,2-3,5-9H2,(H2,14,18)(H,15,16). The van der Waals surface area contributed by atoms with Gasteiger partial charge in [-0.2, -0.15) is 27.9 Å². The molecule has 2 rings (SSSR count). The van der Waals surface area contributed by atoms with Crippen LogP contribution in [0.15, 0.2) is 16.4 Å². The lowest BCUT2D eigenvalue weighted by atomic mass is 10.5. The summed E-state index contributed by atoms with van der Waals surface area (Å²) in [5.74, 6) is 3.57. The number of amidine groups is 1. The molecule has 0 fully saturated rings. The Kier molecular flexibility index (Phi) is 9.66. The first-order valence-corrected chi connectivity index (χ1v) is 11.6. The van der Waals surface area contributed by atoms with Crippen molar-refractivity contribution < 1.29 is 4.92 Å². The van der Waals surface area contributed by atoms with Crippen molar-refractivity contribution in [1.82, 2.24) is 19.9 Å². The second kappa shape index (κ2) is 12.0. The van der Waals surface area contributed by atoms with Gasteiger partial charge in [-0.05, 0) is 17.6 Å². The number of hydrogen-bond acceptors (Lipinski definition) is 11. The van der Waals surface area contributed by atoms with Crippen molar-refractivity contribution in [2.24, 2.45) is 4.99 Å². The van der Waals surface area contributed by atoms with Gasteiger partial charge in [0.1, 0.15) is 5.01 Å². The Labute approximate surface area is 167 Å². The van der Waals surface area contributed by atoms with Gasteiger partial charge in [0.15, 0.2) is 5.84 Å². The number of nitrogens with two attached hydrogens (primary N) is 1. The Hall–Kier alpha value is -1.44. The zero-order valence-corrected chi connectivity index (χ0v) is 17.1. The molecule has 2 aromatic rings. The second-order valence-electron chi connectivity index (χ2n) is 4.88. The van der Waals surface area contributed by atoms with Crippen LogP contribution in [-0.2, 0) is 11.5 Å². The highest BCUT2D eigenvalue weighted by atomic mass is 32.2. The van der Waals surface area contributed by atoms with Gasteiger partial charge in [0.05, 0.1) is 12.2 Å². The van der Waals surface area contributed by atoms with Gasteiger partial charge >= 0.3 is 0 Å². The highest BCUT2D eigenvalue weighted by molar-refractivity contribution is 7.98. The number of thioether (sulfide) groups is 2. The van der Waals surface area contributed by atoms with Gasteiger partial charge in [0.25, 0.3) is 6.54 Å². The third-order valence-corrected chi connectivity index (χ3v) is 6.32. The first kappa shape index (κ1) is 20.9. The second-order valence-corrected chi connectivity index (χ2v) is 8.85. The van der Waals surface area contributed by atoms with Crippen LogP contribution in [0.5, 0.6) is 0 Å². The van der Waals surface area contributed by atoms with Crippen molar-refractivity contribution in [2.75, 3.05) is 36.9 Å². The zero-order chi connectivity index (χ0) is 18.6. The summed E-state index contributed by atoms with van der Waals surface area (Å²) in [4.78, 5) is 14.7. The number of aliphatic imine (C=N–C) groups is 1. The molecule has 0 unspecified atom stereocenters. The van der Waals surface area contributed by atoms with E-state index in [0.717, 1.165) is 33.7 Å². The number of nitrogen functional groups attached to an aromatic ring is 1. The minimum Gasteiger partial charge on any atom is -0.374 e. The third-order valence-electron chi connectivity index (χ3n) is 2.84. The van der Waals surface area contributed by atoms with Gasteiger partial charge in [-0.1, -0.05) is 11.3 Å². The Morgan fingerprint density at radius 3 is 2.88 bits per heavy atom. The van der Waals surface area contributed by atoms with Crippen LogP contribution in [-0.4, -0.2) is 56.5 Å². The fourth-order valence-corrected chi connectivity index (χ4v) is 4.64. The molecule has 13 heteroatoms. The molecule has 26 heavy (non-hydrogen) atoms. The van der Waals surface area contributed by atoms with E-state index >= 15 is 0 Å². The van der Waals surface area contributed by atoms with E-state index in [2.05, 4.69) is 24.9 Å². The number of rotatable bonds is 12. The molecule has 0 aliphatic rings.